The monoisotopic (exact) mass is 327 g/mol. The molecule has 4 nitrogen and oxygen atoms in total. The number of imidazole rings is 1. The molecule has 0 unspecified atom stereocenters. The van der Waals surface area contributed by atoms with E-state index in [-0.39, 0.29) is 18.2 Å². The summed E-state index contributed by atoms with van der Waals surface area (Å²) in [6.45, 7) is 1.93. The molecule has 0 radical (unpaired) electrons. The van der Waals surface area contributed by atoms with Crippen molar-refractivity contribution in [2.75, 3.05) is 19.6 Å². The van der Waals surface area contributed by atoms with Gasteiger partial charge < -0.3 is 9.88 Å². The number of hydrogen-bond acceptors (Lipinski definition) is 2. The SMILES string of the molecule is O=c1[nH]c2ccccc2n1C1CCN(CCCC(F)(F)F)CC1. The maximum Gasteiger partial charge on any atom is 0.389 e. The molecule has 1 saturated heterocycles. The molecule has 0 amide bonds. The first-order chi connectivity index (χ1) is 10.9. The molecule has 0 aliphatic carbocycles. The van der Waals surface area contributed by atoms with E-state index in [1.54, 1.807) is 4.57 Å². The van der Waals surface area contributed by atoms with Crippen molar-refractivity contribution >= 4 is 11.0 Å². The Morgan fingerprint density at radius 2 is 1.87 bits per heavy atom. The fourth-order valence-corrected chi connectivity index (χ4v) is 3.34. The standard InChI is InChI=1S/C16H20F3N3O/c17-16(18,19)8-3-9-21-10-6-12(7-11-21)22-14-5-2-1-4-13(14)20-15(22)23/h1-2,4-5,12H,3,6-11H2,(H,20,23). The van der Waals surface area contributed by atoms with Crippen LogP contribution in [0, 0.1) is 0 Å². The Morgan fingerprint density at radius 1 is 1.17 bits per heavy atom. The van der Waals surface area contributed by atoms with Gasteiger partial charge in [-0.3, -0.25) is 4.57 Å². The molecular formula is C16H20F3N3O. The third kappa shape index (κ3) is 3.77. The van der Waals surface area contributed by atoms with Crippen LogP contribution in [-0.4, -0.2) is 40.3 Å². The molecule has 0 atom stereocenters. The molecule has 2 heterocycles. The lowest BCUT2D eigenvalue weighted by molar-refractivity contribution is -0.136. The third-order valence-corrected chi connectivity index (χ3v) is 4.48. The average Bonchev–Trinajstić information content (AvgIpc) is 2.83. The van der Waals surface area contributed by atoms with E-state index in [0.29, 0.717) is 6.54 Å². The summed E-state index contributed by atoms with van der Waals surface area (Å²) in [4.78, 5) is 17.1. The number of fused-ring (bicyclic) bond motifs is 1. The maximum atomic E-state index is 12.2. The zero-order valence-electron chi connectivity index (χ0n) is 12.8. The molecule has 0 spiro atoms. The molecule has 7 heteroatoms. The number of nitrogens with zero attached hydrogens (tertiary/aromatic N) is 2. The van der Waals surface area contributed by atoms with Crippen LogP contribution in [-0.2, 0) is 0 Å². The Labute approximate surface area is 131 Å². The van der Waals surface area contributed by atoms with Gasteiger partial charge in [0, 0.05) is 25.6 Å². The molecule has 1 aliphatic heterocycles. The number of piperidine rings is 1. The second-order valence-electron chi connectivity index (χ2n) is 6.11. The van der Waals surface area contributed by atoms with E-state index in [4.69, 9.17) is 0 Å². The Bertz CT molecular complexity index is 711. The first-order valence-electron chi connectivity index (χ1n) is 7.92. The van der Waals surface area contributed by atoms with E-state index in [0.717, 1.165) is 37.0 Å². The molecular weight excluding hydrogens is 307 g/mol. The predicted octanol–water partition coefficient (Wildman–Crippen LogP) is 3.31. The van der Waals surface area contributed by atoms with Crippen LogP contribution in [0.25, 0.3) is 11.0 Å². The zero-order chi connectivity index (χ0) is 16.4. The summed E-state index contributed by atoms with van der Waals surface area (Å²) in [5.41, 5.74) is 1.61. The minimum absolute atomic E-state index is 0.109. The second kappa shape index (κ2) is 6.39. The molecule has 1 aromatic carbocycles. The highest BCUT2D eigenvalue weighted by atomic mass is 19.4. The molecule has 0 bridgehead atoms. The van der Waals surface area contributed by atoms with Crippen molar-refractivity contribution in [3.05, 3.63) is 34.7 Å². The first kappa shape index (κ1) is 16.1. The van der Waals surface area contributed by atoms with Crippen molar-refractivity contribution in [1.82, 2.24) is 14.5 Å². The van der Waals surface area contributed by atoms with Gasteiger partial charge in [-0.1, -0.05) is 12.1 Å². The fourth-order valence-electron chi connectivity index (χ4n) is 3.34. The largest absolute Gasteiger partial charge is 0.389 e. The number of aromatic nitrogens is 2. The van der Waals surface area contributed by atoms with Crippen LogP contribution in [0.5, 0.6) is 0 Å². The molecule has 2 aromatic rings. The quantitative estimate of drug-likeness (QED) is 0.936. The lowest BCUT2D eigenvalue weighted by atomic mass is 10.0. The summed E-state index contributed by atoms with van der Waals surface area (Å²) in [6.07, 6.45) is -3.09. The molecule has 126 valence electrons. The van der Waals surface area contributed by atoms with Gasteiger partial charge in [0.15, 0.2) is 0 Å². The van der Waals surface area contributed by atoms with Crippen LogP contribution in [0.1, 0.15) is 31.7 Å². The Kier molecular flexibility index (Phi) is 4.48. The van der Waals surface area contributed by atoms with E-state index in [1.807, 2.05) is 24.3 Å². The average molecular weight is 327 g/mol. The number of nitrogens with one attached hydrogen (secondary N) is 1. The number of H-pyrrole nitrogens is 1. The van der Waals surface area contributed by atoms with Gasteiger partial charge in [0.25, 0.3) is 0 Å². The number of para-hydroxylation sites is 2. The highest BCUT2D eigenvalue weighted by molar-refractivity contribution is 5.75. The third-order valence-electron chi connectivity index (χ3n) is 4.48. The number of hydrogen-bond donors (Lipinski definition) is 1. The smallest absolute Gasteiger partial charge is 0.306 e. The van der Waals surface area contributed by atoms with Crippen molar-refractivity contribution in [1.29, 1.82) is 0 Å². The molecule has 1 N–H and O–H groups in total. The number of rotatable bonds is 4. The van der Waals surface area contributed by atoms with Crippen LogP contribution >= 0.6 is 0 Å². The molecule has 1 aliphatic rings. The highest BCUT2D eigenvalue weighted by Crippen LogP contribution is 2.26. The normalized spacial score (nSPS) is 17.9. The van der Waals surface area contributed by atoms with Crippen LogP contribution in [0.2, 0.25) is 0 Å². The van der Waals surface area contributed by atoms with Crippen molar-refractivity contribution in [2.24, 2.45) is 0 Å². The minimum atomic E-state index is -4.07. The second-order valence-corrected chi connectivity index (χ2v) is 6.11. The van der Waals surface area contributed by atoms with Crippen molar-refractivity contribution in [2.45, 2.75) is 37.9 Å². The van der Waals surface area contributed by atoms with Crippen LogP contribution in [0.4, 0.5) is 13.2 Å². The predicted molar refractivity (Wildman–Crippen MR) is 82.6 cm³/mol. The van der Waals surface area contributed by atoms with Gasteiger partial charge in [0.1, 0.15) is 0 Å². The van der Waals surface area contributed by atoms with Gasteiger partial charge in [-0.2, -0.15) is 13.2 Å². The van der Waals surface area contributed by atoms with Gasteiger partial charge in [-0.15, -0.1) is 0 Å². The first-order valence-corrected chi connectivity index (χ1v) is 7.92. The topological polar surface area (TPSA) is 41.0 Å². The van der Waals surface area contributed by atoms with Crippen LogP contribution in [0.3, 0.4) is 0 Å². The lowest BCUT2D eigenvalue weighted by Gasteiger charge is -2.32. The zero-order valence-corrected chi connectivity index (χ0v) is 12.8. The Morgan fingerprint density at radius 3 is 2.57 bits per heavy atom. The summed E-state index contributed by atoms with van der Waals surface area (Å²) in [6, 6.07) is 7.68. The molecule has 1 fully saturated rings. The van der Waals surface area contributed by atoms with Gasteiger partial charge >= 0.3 is 11.9 Å². The van der Waals surface area contributed by atoms with Crippen molar-refractivity contribution < 1.29 is 13.2 Å². The number of likely N-dealkylation sites (tertiary alicyclic amines) is 1. The van der Waals surface area contributed by atoms with E-state index in [1.165, 1.54) is 0 Å². The number of benzene rings is 1. The van der Waals surface area contributed by atoms with Crippen molar-refractivity contribution in [3.8, 4) is 0 Å². The number of halogens is 3. The number of aromatic amines is 1. The molecule has 0 saturated carbocycles. The summed E-state index contributed by atoms with van der Waals surface area (Å²) in [7, 11) is 0. The lowest BCUT2D eigenvalue weighted by Crippen LogP contribution is -2.37. The van der Waals surface area contributed by atoms with Gasteiger partial charge in [-0.05, 0) is 37.9 Å². The van der Waals surface area contributed by atoms with Crippen molar-refractivity contribution in [3.63, 3.8) is 0 Å². The van der Waals surface area contributed by atoms with Crippen LogP contribution in [0.15, 0.2) is 29.1 Å². The Hall–Kier alpha value is -1.76. The highest BCUT2D eigenvalue weighted by Gasteiger charge is 2.28. The Balaban J connectivity index is 1.60. The van der Waals surface area contributed by atoms with Gasteiger partial charge in [-0.25, -0.2) is 4.79 Å². The molecule has 23 heavy (non-hydrogen) atoms. The van der Waals surface area contributed by atoms with Gasteiger partial charge in [0.2, 0.25) is 0 Å². The number of alkyl halides is 3. The molecule has 3 rings (SSSR count). The van der Waals surface area contributed by atoms with Crippen LogP contribution < -0.4 is 5.69 Å². The summed E-state index contributed by atoms with van der Waals surface area (Å²) < 4.78 is 38.4. The van der Waals surface area contributed by atoms with Gasteiger partial charge in [0.05, 0.1) is 11.0 Å². The van der Waals surface area contributed by atoms with E-state index in [9.17, 15) is 18.0 Å². The van der Waals surface area contributed by atoms with E-state index in [2.05, 4.69) is 9.88 Å². The maximum absolute atomic E-state index is 12.2. The summed E-state index contributed by atoms with van der Waals surface area (Å²) in [5.74, 6) is 0. The molecule has 1 aromatic heterocycles. The van der Waals surface area contributed by atoms with E-state index < -0.39 is 12.6 Å². The van der Waals surface area contributed by atoms with E-state index >= 15 is 0 Å². The fraction of sp³-hybridized carbons (Fsp3) is 0.562. The summed E-state index contributed by atoms with van der Waals surface area (Å²) in [5, 5.41) is 0. The summed E-state index contributed by atoms with van der Waals surface area (Å²) >= 11 is 0. The minimum Gasteiger partial charge on any atom is -0.306 e.